The molecule has 0 unspecified atom stereocenters. The largest absolute Gasteiger partial charge is 0.340 e. The molecule has 0 N–H and O–H groups in total. The Balaban J connectivity index is 1.59. The first kappa shape index (κ1) is 21.2. The summed E-state index contributed by atoms with van der Waals surface area (Å²) >= 11 is 7.51. The van der Waals surface area contributed by atoms with Crippen molar-refractivity contribution in [3.63, 3.8) is 0 Å². The SMILES string of the molecule is CN(Cc1ccccc1)C(=O)CN1C(=O)/C(=C/c2cccc(Cl)c2)Sc2ccccc21. The molecule has 3 aromatic rings. The number of hydrogen-bond acceptors (Lipinski definition) is 3. The van der Waals surface area contributed by atoms with E-state index < -0.39 is 0 Å². The average Bonchev–Trinajstić information content (AvgIpc) is 2.77. The molecule has 4 rings (SSSR count). The lowest BCUT2D eigenvalue weighted by atomic mass is 10.2. The van der Waals surface area contributed by atoms with E-state index in [-0.39, 0.29) is 18.4 Å². The van der Waals surface area contributed by atoms with E-state index in [1.54, 1.807) is 22.9 Å². The Labute approximate surface area is 191 Å². The molecule has 0 fully saturated rings. The molecule has 156 valence electrons. The van der Waals surface area contributed by atoms with E-state index in [0.29, 0.717) is 16.5 Å². The molecule has 1 aliphatic heterocycles. The second-order valence-electron chi connectivity index (χ2n) is 7.26. The molecule has 1 aliphatic rings. The number of nitrogens with zero attached hydrogens (tertiary/aromatic N) is 2. The molecule has 0 saturated carbocycles. The Bertz CT molecular complexity index is 1150. The van der Waals surface area contributed by atoms with Gasteiger partial charge in [0.05, 0.1) is 10.6 Å². The van der Waals surface area contributed by atoms with Crippen molar-refractivity contribution in [1.29, 1.82) is 0 Å². The summed E-state index contributed by atoms with van der Waals surface area (Å²) in [5.41, 5.74) is 2.64. The van der Waals surface area contributed by atoms with E-state index in [4.69, 9.17) is 11.6 Å². The Morgan fingerprint density at radius 2 is 1.77 bits per heavy atom. The summed E-state index contributed by atoms with van der Waals surface area (Å²) in [6, 6.07) is 24.8. The molecule has 0 spiro atoms. The van der Waals surface area contributed by atoms with Gasteiger partial charge in [0.15, 0.2) is 0 Å². The van der Waals surface area contributed by atoms with Crippen LogP contribution in [0.4, 0.5) is 5.69 Å². The van der Waals surface area contributed by atoms with Crippen LogP contribution in [0.3, 0.4) is 0 Å². The number of carbonyl (C=O) groups excluding carboxylic acids is 2. The molecule has 6 heteroatoms. The molecule has 0 saturated heterocycles. The van der Waals surface area contributed by atoms with Crippen LogP contribution in [0.1, 0.15) is 11.1 Å². The Hall–Kier alpha value is -3.02. The summed E-state index contributed by atoms with van der Waals surface area (Å²) in [5.74, 6) is -0.314. The van der Waals surface area contributed by atoms with Gasteiger partial charge in [-0.05, 0) is 41.5 Å². The number of likely N-dealkylation sites (N-methyl/N-ethyl adjacent to an activating group) is 1. The average molecular weight is 449 g/mol. The van der Waals surface area contributed by atoms with Crippen LogP contribution in [-0.4, -0.2) is 30.3 Å². The van der Waals surface area contributed by atoms with Crippen LogP contribution >= 0.6 is 23.4 Å². The highest BCUT2D eigenvalue weighted by molar-refractivity contribution is 8.04. The fraction of sp³-hybridized carbons (Fsp3) is 0.120. The number of hydrogen-bond donors (Lipinski definition) is 0. The van der Waals surface area contributed by atoms with Crippen LogP contribution < -0.4 is 4.90 Å². The predicted molar refractivity (Wildman–Crippen MR) is 127 cm³/mol. The van der Waals surface area contributed by atoms with Gasteiger partial charge < -0.3 is 4.90 Å². The highest BCUT2D eigenvalue weighted by Crippen LogP contribution is 2.42. The predicted octanol–water partition coefficient (Wildman–Crippen LogP) is 5.48. The van der Waals surface area contributed by atoms with Gasteiger partial charge >= 0.3 is 0 Å². The molecule has 2 amide bonds. The maximum atomic E-state index is 13.3. The fourth-order valence-electron chi connectivity index (χ4n) is 3.37. The van der Waals surface area contributed by atoms with Gasteiger partial charge in [-0.15, -0.1) is 0 Å². The van der Waals surface area contributed by atoms with Gasteiger partial charge in [-0.25, -0.2) is 0 Å². The molecular formula is C25H21ClN2O2S. The number of carbonyl (C=O) groups is 2. The van der Waals surface area contributed by atoms with E-state index in [9.17, 15) is 9.59 Å². The van der Waals surface area contributed by atoms with Crippen molar-refractivity contribution in [2.24, 2.45) is 0 Å². The van der Waals surface area contributed by atoms with E-state index >= 15 is 0 Å². The topological polar surface area (TPSA) is 40.6 Å². The van der Waals surface area contributed by atoms with E-state index in [0.717, 1.165) is 21.7 Å². The minimum atomic E-state index is -0.190. The third kappa shape index (κ3) is 5.01. The van der Waals surface area contributed by atoms with Crippen LogP contribution in [0.5, 0.6) is 0 Å². The maximum Gasteiger partial charge on any atom is 0.265 e. The quantitative estimate of drug-likeness (QED) is 0.485. The van der Waals surface area contributed by atoms with Gasteiger partial charge in [0, 0.05) is 23.5 Å². The van der Waals surface area contributed by atoms with E-state index in [2.05, 4.69) is 0 Å². The van der Waals surface area contributed by atoms with E-state index in [1.165, 1.54) is 11.8 Å². The summed E-state index contributed by atoms with van der Waals surface area (Å²) in [5, 5.41) is 0.609. The van der Waals surface area contributed by atoms with Crippen LogP contribution in [0.15, 0.2) is 88.7 Å². The molecule has 0 aliphatic carbocycles. The van der Waals surface area contributed by atoms with Crippen LogP contribution in [0, 0.1) is 0 Å². The van der Waals surface area contributed by atoms with Crippen molar-refractivity contribution in [3.05, 3.63) is 99.9 Å². The number of benzene rings is 3. The Kier molecular flexibility index (Phi) is 6.44. The molecule has 1 heterocycles. The van der Waals surface area contributed by atoms with Crippen LogP contribution in [0.2, 0.25) is 5.02 Å². The first-order chi connectivity index (χ1) is 15.0. The Morgan fingerprint density at radius 3 is 2.55 bits per heavy atom. The molecule has 0 bridgehead atoms. The second-order valence-corrected chi connectivity index (χ2v) is 8.78. The van der Waals surface area contributed by atoms with Crippen molar-refractivity contribution in [2.45, 2.75) is 11.4 Å². The summed E-state index contributed by atoms with van der Waals surface area (Å²) in [6.45, 7) is 0.468. The summed E-state index contributed by atoms with van der Waals surface area (Å²) in [4.78, 5) is 31.0. The number of rotatable bonds is 5. The number of fused-ring (bicyclic) bond motifs is 1. The lowest BCUT2D eigenvalue weighted by molar-refractivity contribution is -0.130. The molecule has 4 nitrogen and oxygen atoms in total. The molecule has 0 radical (unpaired) electrons. The lowest BCUT2D eigenvalue weighted by Gasteiger charge is -2.31. The zero-order valence-corrected chi connectivity index (χ0v) is 18.6. The number of para-hydroxylation sites is 1. The van der Waals surface area contributed by atoms with Crippen molar-refractivity contribution >= 4 is 46.9 Å². The molecular weight excluding hydrogens is 428 g/mol. The first-order valence-electron chi connectivity index (χ1n) is 9.85. The number of anilines is 1. The normalized spacial score (nSPS) is 14.5. The molecule has 3 aromatic carbocycles. The smallest absolute Gasteiger partial charge is 0.265 e. The van der Waals surface area contributed by atoms with Gasteiger partial charge in [-0.3, -0.25) is 14.5 Å². The van der Waals surface area contributed by atoms with Gasteiger partial charge in [0.1, 0.15) is 6.54 Å². The zero-order valence-electron chi connectivity index (χ0n) is 17.0. The van der Waals surface area contributed by atoms with Crippen LogP contribution in [-0.2, 0) is 16.1 Å². The monoisotopic (exact) mass is 448 g/mol. The third-order valence-electron chi connectivity index (χ3n) is 4.96. The van der Waals surface area contributed by atoms with E-state index in [1.807, 2.05) is 78.9 Å². The molecule has 31 heavy (non-hydrogen) atoms. The highest BCUT2D eigenvalue weighted by Gasteiger charge is 2.31. The standard InChI is InChI=1S/C25H21ClN2O2S/c1-27(16-18-8-3-2-4-9-18)24(29)17-28-21-12-5-6-13-22(21)31-23(25(28)30)15-19-10-7-11-20(26)14-19/h2-15H,16-17H2,1H3/b23-15-. The molecule has 0 atom stereocenters. The van der Waals surface area contributed by atoms with Gasteiger partial charge in [0.2, 0.25) is 5.91 Å². The summed E-state index contributed by atoms with van der Waals surface area (Å²) < 4.78 is 0. The lowest BCUT2D eigenvalue weighted by Crippen LogP contribution is -2.43. The van der Waals surface area contributed by atoms with Crippen molar-refractivity contribution in [1.82, 2.24) is 4.90 Å². The number of halogens is 1. The van der Waals surface area contributed by atoms with Crippen LogP contribution in [0.25, 0.3) is 6.08 Å². The molecule has 0 aromatic heterocycles. The number of thioether (sulfide) groups is 1. The van der Waals surface area contributed by atoms with Gasteiger partial charge in [0.25, 0.3) is 5.91 Å². The van der Waals surface area contributed by atoms with Gasteiger partial charge in [-0.2, -0.15) is 0 Å². The first-order valence-corrected chi connectivity index (χ1v) is 11.0. The fourth-order valence-corrected chi connectivity index (χ4v) is 4.63. The maximum absolute atomic E-state index is 13.3. The highest BCUT2D eigenvalue weighted by atomic mass is 35.5. The summed E-state index contributed by atoms with van der Waals surface area (Å²) in [6.07, 6.45) is 1.82. The number of amides is 2. The van der Waals surface area contributed by atoms with Gasteiger partial charge in [-0.1, -0.05) is 78.0 Å². The summed E-state index contributed by atoms with van der Waals surface area (Å²) in [7, 11) is 1.76. The Morgan fingerprint density at radius 1 is 1.03 bits per heavy atom. The zero-order chi connectivity index (χ0) is 21.8. The van der Waals surface area contributed by atoms with Crippen molar-refractivity contribution < 1.29 is 9.59 Å². The second kappa shape index (κ2) is 9.41. The third-order valence-corrected chi connectivity index (χ3v) is 6.27. The minimum absolute atomic E-state index is 0.0212. The van der Waals surface area contributed by atoms with Crippen molar-refractivity contribution in [2.75, 3.05) is 18.5 Å². The minimum Gasteiger partial charge on any atom is -0.340 e. The van der Waals surface area contributed by atoms with Crippen molar-refractivity contribution in [3.8, 4) is 0 Å².